The van der Waals surface area contributed by atoms with Crippen molar-refractivity contribution in [3.05, 3.63) is 124 Å². The topological polar surface area (TPSA) is 49.4 Å². The lowest BCUT2D eigenvalue weighted by Crippen LogP contribution is -2.60. The molecule has 3 aromatic carbocycles. The molecule has 4 atom stereocenters. The first-order chi connectivity index (χ1) is 18.4. The first-order valence-electron chi connectivity index (χ1n) is 12.7. The lowest BCUT2D eigenvalue weighted by Gasteiger charge is -2.53. The van der Waals surface area contributed by atoms with Crippen LogP contribution in [0.2, 0.25) is 5.02 Å². The maximum atomic E-state index is 14.7. The van der Waals surface area contributed by atoms with Gasteiger partial charge in [-0.1, -0.05) is 71.8 Å². The monoisotopic (exact) mass is 546 g/mol. The summed E-state index contributed by atoms with van der Waals surface area (Å²) in [4.78, 5) is 30.2. The predicted molar refractivity (Wildman–Crippen MR) is 148 cm³/mol. The van der Waals surface area contributed by atoms with E-state index in [-0.39, 0.29) is 23.7 Å². The lowest BCUT2D eigenvalue weighted by molar-refractivity contribution is -0.129. The van der Waals surface area contributed by atoms with Crippen molar-refractivity contribution in [1.82, 2.24) is 4.90 Å². The summed E-state index contributed by atoms with van der Waals surface area (Å²) >= 11 is 12.8. The van der Waals surface area contributed by atoms with Crippen molar-refractivity contribution in [2.45, 2.75) is 24.3 Å². The first-order valence-corrected chi connectivity index (χ1v) is 13.4. The number of carbonyl (C=O) groups is 2. The molecule has 3 aromatic rings. The Morgan fingerprint density at radius 1 is 1.03 bits per heavy atom. The quantitative estimate of drug-likeness (QED) is 0.375. The zero-order chi connectivity index (χ0) is 26.4. The summed E-state index contributed by atoms with van der Waals surface area (Å²) in [5.74, 6) is -1.12. The molecule has 4 nitrogen and oxygen atoms in total. The highest BCUT2D eigenvalue weighted by atomic mass is 35.5. The molecule has 0 saturated carbocycles. The highest BCUT2D eigenvalue weighted by Crippen LogP contribution is 2.59. The molecule has 38 heavy (non-hydrogen) atoms. The van der Waals surface area contributed by atoms with Gasteiger partial charge in [0, 0.05) is 27.9 Å². The van der Waals surface area contributed by atoms with E-state index in [0.717, 1.165) is 5.56 Å². The van der Waals surface area contributed by atoms with E-state index in [4.69, 9.17) is 23.2 Å². The Balaban J connectivity index is 1.61. The van der Waals surface area contributed by atoms with Crippen LogP contribution in [0.1, 0.15) is 40.4 Å². The number of hydrogen-bond donors (Lipinski definition) is 1. The predicted octanol–water partition coefficient (Wildman–Crippen LogP) is 7.27. The molecule has 1 aliphatic carbocycles. The second-order valence-electron chi connectivity index (χ2n) is 10.1. The number of rotatable bonds is 3. The van der Waals surface area contributed by atoms with E-state index < -0.39 is 17.3 Å². The Morgan fingerprint density at radius 2 is 1.84 bits per heavy atom. The molecule has 1 unspecified atom stereocenters. The fourth-order valence-electron chi connectivity index (χ4n) is 6.63. The number of hydrogen-bond acceptors (Lipinski definition) is 2. The van der Waals surface area contributed by atoms with Gasteiger partial charge in [0.25, 0.3) is 5.91 Å². The van der Waals surface area contributed by atoms with Crippen molar-refractivity contribution < 1.29 is 14.0 Å². The largest absolute Gasteiger partial charge is 0.330 e. The van der Waals surface area contributed by atoms with Crippen molar-refractivity contribution in [3.63, 3.8) is 0 Å². The number of piperidine rings is 1. The van der Waals surface area contributed by atoms with Crippen molar-refractivity contribution in [1.29, 1.82) is 0 Å². The van der Waals surface area contributed by atoms with Gasteiger partial charge >= 0.3 is 0 Å². The van der Waals surface area contributed by atoms with Gasteiger partial charge in [0.15, 0.2) is 0 Å². The Labute approximate surface area is 230 Å². The summed E-state index contributed by atoms with van der Waals surface area (Å²) in [5, 5.41) is 4.28. The van der Waals surface area contributed by atoms with Gasteiger partial charge in [0.1, 0.15) is 11.2 Å². The van der Waals surface area contributed by atoms with Gasteiger partial charge in [0.2, 0.25) is 5.91 Å². The molecule has 192 valence electrons. The van der Waals surface area contributed by atoms with E-state index in [1.54, 1.807) is 41.3 Å². The minimum Gasteiger partial charge on any atom is -0.330 e. The number of halogens is 3. The van der Waals surface area contributed by atoms with Crippen LogP contribution in [0.4, 0.5) is 10.1 Å². The Morgan fingerprint density at radius 3 is 2.61 bits per heavy atom. The van der Waals surface area contributed by atoms with Crippen LogP contribution in [0.25, 0.3) is 0 Å². The van der Waals surface area contributed by atoms with Crippen LogP contribution in [-0.4, -0.2) is 23.3 Å². The average molecular weight is 547 g/mol. The standard InChI is InChI=1S/C31H25Cl2FN2O2/c32-22-10-4-8-20(16-22)25-14-15-36(29(37)19-6-2-1-3-7-19)28(21-9-5-11-24(34)17-21)31(25)26-13-12-23(33)18-27(26)35-30(31)38/h1-13,17-18,20,25,28H,14-16H2,(H,35,38)/t20?,25-,28+,31+/m0/s1. The smallest absolute Gasteiger partial charge is 0.254 e. The summed E-state index contributed by atoms with van der Waals surface area (Å²) in [6.45, 7) is 0.406. The summed E-state index contributed by atoms with van der Waals surface area (Å²) in [6.07, 6.45) is 7.04. The van der Waals surface area contributed by atoms with Gasteiger partial charge in [0.05, 0.1) is 6.04 Å². The van der Waals surface area contributed by atoms with Crippen LogP contribution in [0.5, 0.6) is 0 Å². The summed E-state index contributed by atoms with van der Waals surface area (Å²) in [6, 6.07) is 19.9. The molecule has 0 bridgehead atoms. The van der Waals surface area contributed by atoms with Crippen LogP contribution in [0, 0.1) is 17.7 Å². The van der Waals surface area contributed by atoms with Crippen molar-refractivity contribution >= 4 is 40.7 Å². The van der Waals surface area contributed by atoms with Gasteiger partial charge in [-0.25, -0.2) is 4.39 Å². The number of anilines is 1. The second kappa shape index (κ2) is 9.72. The van der Waals surface area contributed by atoms with E-state index in [1.165, 1.54) is 12.1 Å². The van der Waals surface area contributed by atoms with Gasteiger partial charge in [-0.3, -0.25) is 9.59 Å². The minimum atomic E-state index is -1.19. The van der Waals surface area contributed by atoms with E-state index in [0.29, 0.717) is 46.3 Å². The zero-order valence-electron chi connectivity index (χ0n) is 20.4. The number of fused-ring (bicyclic) bond motifs is 2. The van der Waals surface area contributed by atoms with Gasteiger partial charge in [-0.2, -0.15) is 0 Å². The van der Waals surface area contributed by atoms with Gasteiger partial charge < -0.3 is 10.2 Å². The molecule has 0 radical (unpaired) electrons. The lowest BCUT2D eigenvalue weighted by atomic mass is 9.56. The van der Waals surface area contributed by atoms with Gasteiger partial charge in [-0.15, -0.1) is 0 Å². The van der Waals surface area contributed by atoms with E-state index in [1.807, 2.05) is 36.4 Å². The Hall–Kier alpha value is -3.41. The second-order valence-corrected chi connectivity index (χ2v) is 11.0. The molecular weight excluding hydrogens is 522 g/mol. The number of likely N-dealkylation sites (tertiary alicyclic amines) is 1. The summed E-state index contributed by atoms with van der Waals surface area (Å²) in [7, 11) is 0. The Bertz CT molecular complexity index is 1490. The molecule has 2 aliphatic heterocycles. The van der Waals surface area contributed by atoms with Crippen LogP contribution in [0.15, 0.2) is 96.1 Å². The number of nitrogens with zero attached hydrogens (tertiary/aromatic N) is 1. The van der Waals surface area contributed by atoms with Crippen molar-refractivity contribution in [3.8, 4) is 0 Å². The first kappa shape index (κ1) is 24.9. The van der Waals surface area contributed by atoms with Crippen molar-refractivity contribution in [2.24, 2.45) is 11.8 Å². The molecule has 6 rings (SSSR count). The molecule has 7 heteroatoms. The molecule has 0 aromatic heterocycles. The fraction of sp³-hybridized carbons (Fsp3) is 0.226. The third-order valence-electron chi connectivity index (χ3n) is 8.09. The number of carbonyl (C=O) groups excluding carboxylic acids is 2. The Kier molecular flexibility index (Phi) is 6.37. The van der Waals surface area contributed by atoms with Crippen LogP contribution in [-0.2, 0) is 10.2 Å². The molecule has 1 N–H and O–H groups in total. The third-order valence-corrected chi connectivity index (χ3v) is 8.60. The molecule has 2 heterocycles. The number of nitrogens with one attached hydrogen (secondary N) is 1. The summed E-state index contributed by atoms with van der Waals surface area (Å²) < 4.78 is 14.7. The molecule has 3 aliphatic rings. The highest BCUT2D eigenvalue weighted by molar-refractivity contribution is 6.31. The fourth-order valence-corrected chi connectivity index (χ4v) is 7.05. The maximum Gasteiger partial charge on any atom is 0.254 e. The minimum absolute atomic E-state index is 0.0510. The van der Waals surface area contributed by atoms with Gasteiger partial charge in [-0.05, 0) is 78.3 Å². The van der Waals surface area contributed by atoms with E-state index >= 15 is 0 Å². The molecule has 1 spiro atoms. The molecular formula is C31H25Cl2FN2O2. The molecule has 1 fully saturated rings. The van der Waals surface area contributed by atoms with Crippen molar-refractivity contribution in [2.75, 3.05) is 11.9 Å². The SMILES string of the molecule is O=C(c1ccccc1)N1CC[C@@H](C2C=CC=C(Cl)C2)[C@]2(C(=O)Nc3cc(Cl)ccc32)[C@H]1c1cccc(F)c1. The maximum absolute atomic E-state index is 14.7. The summed E-state index contributed by atoms with van der Waals surface area (Å²) in [5.41, 5.74) is 1.26. The number of benzene rings is 3. The average Bonchev–Trinajstić information content (AvgIpc) is 3.19. The van der Waals surface area contributed by atoms with Crippen LogP contribution in [0.3, 0.4) is 0 Å². The zero-order valence-corrected chi connectivity index (χ0v) is 21.9. The number of amides is 2. The normalized spacial score (nSPS) is 26.2. The number of allylic oxidation sites excluding steroid dienone is 4. The molecule has 2 amide bonds. The molecule has 1 saturated heterocycles. The highest BCUT2D eigenvalue weighted by Gasteiger charge is 2.63. The third kappa shape index (κ3) is 3.96. The van der Waals surface area contributed by atoms with E-state index in [2.05, 4.69) is 11.4 Å². The van der Waals surface area contributed by atoms with Crippen LogP contribution >= 0.6 is 23.2 Å². The van der Waals surface area contributed by atoms with Crippen LogP contribution < -0.4 is 5.32 Å². The van der Waals surface area contributed by atoms with E-state index in [9.17, 15) is 14.0 Å².